The second-order valence-electron chi connectivity index (χ2n) is 5.02. The summed E-state index contributed by atoms with van der Waals surface area (Å²) in [6.07, 6.45) is 2.09. The van der Waals surface area contributed by atoms with E-state index in [0.717, 1.165) is 0 Å². The molecule has 1 amide bonds. The van der Waals surface area contributed by atoms with Crippen LogP contribution in [0.4, 0.5) is 0 Å². The van der Waals surface area contributed by atoms with Gasteiger partial charge in [-0.05, 0) is 36.6 Å². The van der Waals surface area contributed by atoms with Crippen LogP contribution >= 0.6 is 0 Å². The molecule has 4 N–H and O–H groups in total. The maximum absolute atomic E-state index is 12.2. The fourth-order valence-corrected chi connectivity index (χ4v) is 2.20. The van der Waals surface area contributed by atoms with Gasteiger partial charge in [-0.1, -0.05) is 6.07 Å². The van der Waals surface area contributed by atoms with Gasteiger partial charge in [0.2, 0.25) is 5.91 Å². The van der Waals surface area contributed by atoms with Gasteiger partial charge in [0.05, 0.1) is 12.8 Å². The number of carbonyl (C=O) groups excluding carboxylic acids is 1. The van der Waals surface area contributed by atoms with Gasteiger partial charge in [-0.25, -0.2) is 0 Å². The second-order valence-corrected chi connectivity index (χ2v) is 5.02. The van der Waals surface area contributed by atoms with E-state index in [0.29, 0.717) is 11.3 Å². The van der Waals surface area contributed by atoms with E-state index >= 15 is 0 Å². The first-order valence-corrected chi connectivity index (χ1v) is 7.02. The summed E-state index contributed by atoms with van der Waals surface area (Å²) < 4.78 is 5.14. The van der Waals surface area contributed by atoms with Crippen LogP contribution in [0.2, 0.25) is 0 Å². The Morgan fingerprint density at radius 2 is 2.09 bits per heavy atom. The molecule has 0 aliphatic heterocycles. The smallest absolute Gasteiger partial charge is 0.223 e. The molecule has 0 saturated carbocycles. The third kappa shape index (κ3) is 4.26. The van der Waals surface area contributed by atoms with Crippen LogP contribution < -0.4 is 5.32 Å². The first-order chi connectivity index (χ1) is 10.6. The SMILES string of the molecule is O=C(NCc1ccco1)C(CCO)Cc1ccc(O)cc1O. The van der Waals surface area contributed by atoms with Crippen LogP contribution in [-0.2, 0) is 17.8 Å². The molecule has 2 rings (SSSR count). The molecule has 1 aromatic heterocycles. The van der Waals surface area contributed by atoms with Crippen molar-refractivity contribution in [3.05, 3.63) is 47.9 Å². The number of nitrogens with one attached hydrogen (secondary N) is 1. The van der Waals surface area contributed by atoms with Gasteiger partial charge in [-0.15, -0.1) is 0 Å². The number of aliphatic hydroxyl groups is 1. The van der Waals surface area contributed by atoms with Gasteiger partial charge in [0.15, 0.2) is 0 Å². The highest BCUT2D eigenvalue weighted by molar-refractivity contribution is 5.79. The molecular weight excluding hydrogens is 286 g/mol. The Hall–Kier alpha value is -2.47. The van der Waals surface area contributed by atoms with Crippen molar-refractivity contribution in [3.8, 4) is 11.5 Å². The number of aromatic hydroxyl groups is 2. The van der Waals surface area contributed by atoms with Crippen molar-refractivity contribution in [2.75, 3.05) is 6.61 Å². The molecule has 1 atom stereocenters. The molecular formula is C16H19NO5. The third-order valence-corrected chi connectivity index (χ3v) is 3.40. The summed E-state index contributed by atoms with van der Waals surface area (Å²) in [5.41, 5.74) is 0.546. The summed E-state index contributed by atoms with van der Waals surface area (Å²) in [5.74, 6) is -0.166. The van der Waals surface area contributed by atoms with Crippen LogP contribution in [0.15, 0.2) is 41.0 Å². The number of rotatable bonds is 7. The van der Waals surface area contributed by atoms with E-state index in [9.17, 15) is 15.0 Å². The number of furan rings is 1. The van der Waals surface area contributed by atoms with Crippen LogP contribution in [0.1, 0.15) is 17.7 Å². The van der Waals surface area contributed by atoms with Crippen molar-refractivity contribution in [2.24, 2.45) is 5.92 Å². The molecule has 1 unspecified atom stereocenters. The molecule has 0 aliphatic rings. The lowest BCUT2D eigenvalue weighted by Crippen LogP contribution is -2.32. The average Bonchev–Trinajstić information content (AvgIpc) is 3.00. The van der Waals surface area contributed by atoms with Crippen molar-refractivity contribution in [1.29, 1.82) is 0 Å². The average molecular weight is 305 g/mol. The van der Waals surface area contributed by atoms with Crippen molar-refractivity contribution in [1.82, 2.24) is 5.32 Å². The number of hydrogen-bond acceptors (Lipinski definition) is 5. The predicted octanol–water partition coefficient (Wildman–Crippen LogP) is 1.55. The van der Waals surface area contributed by atoms with Crippen molar-refractivity contribution in [3.63, 3.8) is 0 Å². The standard InChI is InChI=1S/C16H19NO5/c18-6-5-12(8-11-3-4-13(19)9-15(11)20)16(21)17-10-14-2-1-7-22-14/h1-4,7,9,12,18-20H,5-6,8,10H2,(H,17,21). The topological polar surface area (TPSA) is 103 Å². The molecule has 0 spiro atoms. The van der Waals surface area contributed by atoms with E-state index in [2.05, 4.69) is 5.32 Å². The molecule has 2 aromatic rings. The molecule has 0 radical (unpaired) electrons. The zero-order valence-electron chi connectivity index (χ0n) is 12.0. The molecule has 0 fully saturated rings. The summed E-state index contributed by atoms with van der Waals surface area (Å²) >= 11 is 0. The highest BCUT2D eigenvalue weighted by Gasteiger charge is 2.20. The lowest BCUT2D eigenvalue weighted by Gasteiger charge is -2.16. The zero-order valence-corrected chi connectivity index (χ0v) is 12.0. The van der Waals surface area contributed by atoms with Crippen LogP contribution in [0.3, 0.4) is 0 Å². The monoisotopic (exact) mass is 305 g/mol. The summed E-state index contributed by atoms with van der Waals surface area (Å²) in [4.78, 5) is 12.2. The van der Waals surface area contributed by atoms with Gasteiger partial charge in [-0.2, -0.15) is 0 Å². The number of aliphatic hydroxyl groups excluding tert-OH is 1. The van der Waals surface area contributed by atoms with E-state index in [1.807, 2.05) is 0 Å². The van der Waals surface area contributed by atoms with Gasteiger partial charge < -0.3 is 25.1 Å². The molecule has 6 nitrogen and oxygen atoms in total. The lowest BCUT2D eigenvalue weighted by molar-refractivity contribution is -0.125. The first-order valence-electron chi connectivity index (χ1n) is 7.02. The number of hydrogen-bond donors (Lipinski definition) is 4. The van der Waals surface area contributed by atoms with Crippen LogP contribution in [0.5, 0.6) is 11.5 Å². The normalized spacial score (nSPS) is 12.0. The van der Waals surface area contributed by atoms with Gasteiger partial charge in [0, 0.05) is 18.6 Å². The highest BCUT2D eigenvalue weighted by Crippen LogP contribution is 2.26. The summed E-state index contributed by atoms with van der Waals surface area (Å²) in [6, 6.07) is 7.74. The second kappa shape index (κ2) is 7.51. The number of phenolic OH excluding ortho intramolecular Hbond substituents is 2. The molecule has 0 aliphatic carbocycles. The Balaban J connectivity index is 2.00. The molecule has 1 aromatic carbocycles. The molecule has 0 saturated heterocycles. The quantitative estimate of drug-likeness (QED) is 0.621. The zero-order chi connectivity index (χ0) is 15.9. The molecule has 0 bridgehead atoms. The largest absolute Gasteiger partial charge is 0.508 e. The van der Waals surface area contributed by atoms with Crippen LogP contribution in [0.25, 0.3) is 0 Å². The Bertz CT molecular complexity index is 609. The first kappa shape index (κ1) is 15.9. The van der Waals surface area contributed by atoms with Crippen molar-refractivity contribution < 1.29 is 24.5 Å². The highest BCUT2D eigenvalue weighted by atomic mass is 16.3. The number of phenols is 2. The number of carbonyl (C=O) groups is 1. The Labute approximate surface area is 128 Å². The van der Waals surface area contributed by atoms with Gasteiger partial charge in [-0.3, -0.25) is 4.79 Å². The third-order valence-electron chi connectivity index (χ3n) is 3.40. The minimum Gasteiger partial charge on any atom is -0.508 e. The van der Waals surface area contributed by atoms with E-state index < -0.39 is 5.92 Å². The molecule has 1 heterocycles. The van der Waals surface area contributed by atoms with E-state index in [-0.39, 0.29) is 43.4 Å². The van der Waals surface area contributed by atoms with E-state index in [1.54, 1.807) is 18.2 Å². The molecule has 22 heavy (non-hydrogen) atoms. The Morgan fingerprint density at radius 3 is 2.73 bits per heavy atom. The molecule has 6 heteroatoms. The van der Waals surface area contributed by atoms with E-state index in [4.69, 9.17) is 9.52 Å². The lowest BCUT2D eigenvalue weighted by atomic mass is 9.95. The van der Waals surface area contributed by atoms with Gasteiger partial charge in [0.25, 0.3) is 0 Å². The van der Waals surface area contributed by atoms with Gasteiger partial charge in [0.1, 0.15) is 17.3 Å². The Morgan fingerprint density at radius 1 is 1.27 bits per heavy atom. The van der Waals surface area contributed by atoms with E-state index in [1.165, 1.54) is 18.4 Å². The molecule has 118 valence electrons. The minimum atomic E-state index is -0.476. The minimum absolute atomic E-state index is 0.0396. The van der Waals surface area contributed by atoms with Crippen LogP contribution in [-0.4, -0.2) is 27.8 Å². The number of amides is 1. The Kier molecular flexibility index (Phi) is 5.43. The van der Waals surface area contributed by atoms with Crippen LogP contribution in [0, 0.1) is 5.92 Å². The fourth-order valence-electron chi connectivity index (χ4n) is 2.20. The predicted molar refractivity (Wildman–Crippen MR) is 79.2 cm³/mol. The maximum atomic E-state index is 12.2. The van der Waals surface area contributed by atoms with Gasteiger partial charge >= 0.3 is 0 Å². The summed E-state index contributed by atoms with van der Waals surface area (Å²) in [5, 5.41) is 31.0. The van der Waals surface area contributed by atoms with Crippen molar-refractivity contribution in [2.45, 2.75) is 19.4 Å². The summed E-state index contributed by atoms with van der Waals surface area (Å²) in [6.45, 7) is 0.146. The fraction of sp³-hybridized carbons (Fsp3) is 0.312. The van der Waals surface area contributed by atoms with Crippen molar-refractivity contribution >= 4 is 5.91 Å². The summed E-state index contributed by atoms with van der Waals surface area (Å²) in [7, 11) is 0. The number of benzene rings is 1. The maximum Gasteiger partial charge on any atom is 0.223 e.